The van der Waals surface area contributed by atoms with Crippen molar-refractivity contribution in [2.24, 2.45) is 5.92 Å². The number of hydrogen-bond acceptors (Lipinski definition) is 3. The largest absolute Gasteiger partial charge is 0.508 e. The average Bonchev–Trinajstić information content (AvgIpc) is 2.88. The van der Waals surface area contributed by atoms with E-state index in [0.29, 0.717) is 17.7 Å². The van der Waals surface area contributed by atoms with Gasteiger partial charge in [-0.1, -0.05) is 19.4 Å². The monoisotopic (exact) mass is 288 g/mol. The summed E-state index contributed by atoms with van der Waals surface area (Å²) in [6.07, 6.45) is 6.41. The maximum atomic E-state index is 9.56. The molecule has 1 aliphatic heterocycles. The number of aromatic hydroxyl groups is 1. The van der Waals surface area contributed by atoms with E-state index >= 15 is 0 Å². The van der Waals surface area contributed by atoms with Crippen LogP contribution in [0.2, 0.25) is 0 Å². The van der Waals surface area contributed by atoms with Gasteiger partial charge in [0.2, 0.25) is 0 Å². The summed E-state index contributed by atoms with van der Waals surface area (Å²) in [5.74, 6) is 1.09. The van der Waals surface area contributed by atoms with E-state index in [9.17, 15) is 5.11 Å². The number of nitrogens with zero attached hydrogens (tertiary/aromatic N) is 1. The van der Waals surface area contributed by atoms with Crippen molar-refractivity contribution >= 4 is 0 Å². The number of aryl methyl sites for hydroxylation is 1. The van der Waals surface area contributed by atoms with Crippen molar-refractivity contribution in [2.75, 3.05) is 26.2 Å². The molecule has 1 heterocycles. The van der Waals surface area contributed by atoms with E-state index in [1.165, 1.54) is 50.0 Å². The summed E-state index contributed by atoms with van der Waals surface area (Å²) in [6.45, 7) is 7.24. The highest BCUT2D eigenvalue weighted by Gasteiger charge is 2.23. The number of phenols is 1. The van der Waals surface area contributed by atoms with Crippen LogP contribution in [0.4, 0.5) is 0 Å². The van der Waals surface area contributed by atoms with Crippen molar-refractivity contribution in [3.8, 4) is 5.75 Å². The second-order valence-electron chi connectivity index (χ2n) is 6.85. The molecular weight excluding hydrogens is 260 g/mol. The zero-order chi connectivity index (χ0) is 14.7. The number of phenolic OH excluding ortho intramolecular Hbond substituents is 1. The highest BCUT2D eigenvalue weighted by Crippen LogP contribution is 2.33. The molecule has 1 aromatic rings. The molecule has 1 aliphatic carbocycles. The van der Waals surface area contributed by atoms with Gasteiger partial charge in [0.05, 0.1) is 0 Å². The Bertz CT molecular complexity index is 468. The quantitative estimate of drug-likeness (QED) is 0.874. The zero-order valence-corrected chi connectivity index (χ0v) is 13.1. The van der Waals surface area contributed by atoms with Crippen LogP contribution in [0.5, 0.6) is 5.75 Å². The highest BCUT2D eigenvalue weighted by atomic mass is 16.3. The van der Waals surface area contributed by atoms with Gasteiger partial charge in [0.25, 0.3) is 0 Å². The lowest BCUT2D eigenvalue weighted by atomic mass is 10.1. The Kier molecular flexibility index (Phi) is 4.81. The Morgan fingerprint density at radius 3 is 2.90 bits per heavy atom. The molecular formula is C18H28N2O. The topological polar surface area (TPSA) is 35.5 Å². The summed E-state index contributed by atoms with van der Waals surface area (Å²) in [5.41, 5.74) is 2.70. The third-order valence-electron chi connectivity index (χ3n) is 4.94. The van der Waals surface area contributed by atoms with Crippen molar-refractivity contribution in [3.05, 3.63) is 29.3 Å². The number of piperidine rings is 1. The molecule has 0 saturated carbocycles. The molecule has 0 bridgehead atoms. The van der Waals surface area contributed by atoms with E-state index in [4.69, 9.17) is 0 Å². The fraction of sp³-hybridized carbons (Fsp3) is 0.667. The zero-order valence-electron chi connectivity index (χ0n) is 13.1. The minimum absolute atomic E-state index is 0.396. The average molecular weight is 288 g/mol. The predicted molar refractivity (Wildman–Crippen MR) is 86.6 cm³/mol. The van der Waals surface area contributed by atoms with Gasteiger partial charge < -0.3 is 15.3 Å². The number of likely N-dealkylation sites (tertiary alicyclic amines) is 1. The molecule has 21 heavy (non-hydrogen) atoms. The first-order chi connectivity index (χ1) is 10.2. The van der Waals surface area contributed by atoms with E-state index in [1.807, 2.05) is 12.1 Å². The lowest BCUT2D eigenvalue weighted by Crippen LogP contribution is -2.37. The van der Waals surface area contributed by atoms with Gasteiger partial charge >= 0.3 is 0 Å². The summed E-state index contributed by atoms with van der Waals surface area (Å²) < 4.78 is 0. The standard InChI is InChI=1S/C18H28N2O/c1-14(13-20-9-3-2-4-10-20)12-19-18-8-5-15-11-16(21)6-7-17(15)18/h6-7,11,14,18-19,21H,2-5,8-10,12-13H2,1H3. The molecule has 3 rings (SSSR count). The highest BCUT2D eigenvalue weighted by molar-refractivity contribution is 5.39. The van der Waals surface area contributed by atoms with E-state index in [2.05, 4.69) is 23.2 Å². The third-order valence-corrected chi connectivity index (χ3v) is 4.94. The van der Waals surface area contributed by atoms with Crippen molar-refractivity contribution in [1.29, 1.82) is 0 Å². The summed E-state index contributed by atoms with van der Waals surface area (Å²) in [5, 5.41) is 13.3. The van der Waals surface area contributed by atoms with E-state index in [0.717, 1.165) is 19.4 Å². The predicted octanol–water partition coefficient (Wildman–Crippen LogP) is 3.09. The molecule has 0 radical (unpaired) electrons. The molecule has 0 aromatic heterocycles. The molecule has 2 aliphatic rings. The maximum absolute atomic E-state index is 9.56. The van der Waals surface area contributed by atoms with Crippen LogP contribution < -0.4 is 5.32 Å². The Labute approximate surface area is 128 Å². The fourth-order valence-corrected chi connectivity index (χ4v) is 3.81. The van der Waals surface area contributed by atoms with Gasteiger partial charge in [-0.05, 0) is 74.5 Å². The van der Waals surface area contributed by atoms with Gasteiger partial charge in [-0.3, -0.25) is 0 Å². The maximum Gasteiger partial charge on any atom is 0.115 e. The Morgan fingerprint density at radius 1 is 1.29 bits per heavy atom. The number of benzene rings is 1. The molecule has 0 amide bonds. The van der Waals surface area contributed by atoms with Gasteiger partial charge in [0, 0.05) is 12.6 Å². The first-order valence-corrected chi connectivity index (χ1v) is 8.50. The number of rotatable bonds is 5. The van der Waals surface area contributed by atoms with Crippen LogP contribution in [-0.2, 0) is 6.42 Å². The first kappa shape index (κ1) is 14.9. The Hall–Kier alpha value is -1.06. The number of nitrogens with one attached hydrogen (secondary N) is 1. The van der Waals surface area contributed by atoms with Crippen LogP contribution in [0.15, 0.2) is 18.2 Å². The summed E-state index contributed by atoms with van der Waals surface area (Å²) in [6, 6.07) is 6.30. The molecule has 2 N–H and O–H groups in total. The molecule has 2 atom stereocenters. The lowest BCUT2D eigenvalue weighted by Gasteiger charge is -2.29. The van der Waals surface area contributed by atoms with Gasteiger partial charge in [-0.2, -0.15) is 0 Å². The molecule has 2 unspecified atom stereocenters. The molecule has 1 fully saturated rings. The summed E-state index contributed by atoms with van der Waals surface area (Å²) in [7, 11) is 0. The van der Waals surface area contributed by atoms with Crippen LogP contribution >= 0.6 is 0 Å². The summed E-state index contributed by atoms with van der Waals surface area (Å²) in [4.78, 5) is 2.62. The van der Waals surface area contributed by atoms with Crippen LogP contribution in [0.25, 0.3) is 0 Å². The molecule has 3 nitrogen and oxygen atoms in total. The van der Waals surface area contributed by atoms with Crippen LogP contribution in [-0.4, -0.2) is 36.2 Å². The normalized spacial score (nSPS) is 24.0. The first-order valence-electron chi connectivity index (χ1n) is 8.50. The van der Waals surface area contributed by atoms with E-state index in [-0.39, 0.29) is 0 Å². The van der Waals surface area contributed by atoms with Crippen LogP contribution in [0.1, 0.15) is 49.8 Å². The minimum Gasteiger partial charge on any atom is -0.508 e. The van der Waals surface area contributed by atoms with Crippen LogP contribution in [0, 0.1) is 5.92 Å². The van der Waals surface area contributed by atoms with E-state index in [1.54, 1.807) is 0 Å². The molecule has 3 heteroatoms. The third kappa shape index (κ3) is 3.78. The van der Waals surface area contributed by atoms with Crippen molar-refractivity contribution in [2.45, 2.75) is 45.1 Å². The Morgan fingerprint density at radius 2 is 2.10 bits per heavy atom. The number of hydrogen-bond donors (Lipinski definition) is 2. The number of fused-ring (bicyclic) bond motifs is 1. The van der Waals surface area contributed by atoms with E-state index < -0.39 is 0 Å². The van der Waals surface area contributed by atoms with Gasteiger partial charge in [-0.15, -0.1) is 0 Å². The fourth-order valence-electron chi connectivity index (χ4n) is 3.81. The summed E-state index contributed by atoms with van der Waals surface area (Å²) >= 11 is 0. The molecule has 116 valence electrons. The molecule has 1 aromatic carbocycles. The lowest BCUT2D eigenvalue weighted by molar-refractivity contribution is 0.197. The Balaban J connectivity index is 1.47. The van der Waals surface area contributed by atoms with Gasteiger partial charge in [0.15, 0.2) is 0 Å². The van der Waals surface area contributed by atoms with Crippen molar-refractivity contribution in [1.82, 2.24) is 10.2 Å². The smallest absolute Gasteiger partial charge is 0.115 e. The second kappa shape index (κ2) is 6.80. The SMILES string of the molecule is CC(CNC1CCc2cc(O)ccc21)CN1CCCCC1. The molecule has 0 spiro atoms. The van der Waals surface area contributed by atoms with Gasteiger partial charge in [0.1, 0.15) is 5.75 Å². The van der Waals surface area contributed by atoms with Crippen LogP contribution in [0.3, 0.4) is 0 Å². The van der Waals surface area contributed by atoms with Crippen molar-refractivity contribution < 1.29 is 5.11 Å². The molecule has 1 saturated heterocycles. The van der Waals surface area contributed by atoms with Gasteiger partial charge in [-0.25, -0.2) is 0 Å². The van der Waals surface area contributed by atoms with Crippen molar-refractivity contribution in [3.63, 3.8) is 0 Å². The second-order valence-corrected chi connectivity index (χ2v) is 6.85. The minimum atomic E-state index is 0.396.